The highest BCUT2D eigenvalue weighted by Gasteiger charge is 2.35. The number of hydrogen-bond acceptors (Lipinski definition) is 2. The first-order valence-corrected chi connectivity index (χ1v) is 11.1. The molecule has 140 valence electrons. The van der Waals surface area contributed by atoms with E-state index in [1.807, 2.05) is 0 Å². The Balaban J connectivity index is 2.27. The van der Waals surface area contributed by atoms with Crippen LogP contribution in [0.5, 0.6) is 0 Å². The van der Waals surface area contributed by atoms with Crippen LogP contribution in [0.15, 0.2) is 28.9 Å². The number of imidazole rings is 1. The Morgan fingerprint density at radius 1 is 1.24 bits per heavy atom. The molecule has 1 aromatic carbocycles. The Labute approximate surface area is 153 Å². The van der Waals surface area contributed by atoms with Gasteiger partial charge < -0.3 is 9.30 Å². The minimum Gasteiger partial charge on any atom is -0.360 e. The van der Waals surface area contributed by atoms with Crippen molar-refractivity contribution in [3.05, 3.63) is 40.4 Å². The summed E-state index contributed by atoms with van der Waals surface area (Å²) in [5.74, 6) is 0.287. The average Bonchev–Trinajstić information content (AvgIpc) is 2.90. The molecule has 0 spiro atoms. The predicted octanol–water partition coefficient (Wildman–Crippen LogP) is 5.14. The molecule has 0 bridgehead atoms. The minimum absolute atomic E-state index is 0.0156. The molecule has 0 fully saturated rings. The van der Waals surface area contributed by atoms with Gasteiger partial charge in [0.1, 0.15) is 18.4 Å². The zero-order chi connectivity index (χ0) is 18.8. The molecule has 2 rings (SSSR count). The van der Waals surface area contributed by atoms with E-state index in [2.05, 4.69) is 39.7 Å². The highest BCUT2D eigenvalue weighted by atomic mass is 79.9. The fraction of sp³-hybridized carbons (Fsp3) is 0.438. The zero-order valence-electron chi connectivity index (χ0n) is 14.0. The van der Waals surface area contributed by atoms with Crippen molar-refractivity contribution < 1.29 is 22.3 Å². The molecule has 1 heterocycles. The monoisotopic (exact) mass is 442 g/mol. The quantitative estimate of drug-likeness (QED) is 0.457. The molecule has 0 amide bonds. The Bertz CT molecular complexity index is 741. The summed E-state index contributed by atoms with van der Waals surface area (Å²) in [6.07, 6.45) is 2.70. The lowest BCUT2D eigenvalue weighted by atomic mass is 10.2. The van der Waals surface area contributed by atoms with Gasteiger partial charge in [-0.2, -0.15) is 13.2 Å². The molecule has 1 aromatic heterocycles. The summed E-state index contributed by atoms with van der Waals surface area (Å²) in [6.45, 7) is 0.359. The molecule has 0 N–H and O–H groups in total. The zero-order valence-corrected chi connectivity index (χ0v) is 16.4. The van der Waals surface area contributed by atoms with Gasteiger partial charge in [-0.05, 0) is 52.9 Å². The lowest BCUT2D eigenvalue weighted by Gasteiger charge is -2.24. The molecule has 0 saturated carbocycles. The normalized spacial score (nSPS) is 13.3. The van der Waals surface area contributed by atoms with Gasteiger partial charge >= 0.3 is 6.18 Å². The van der Waals surface area contributed by atoms with Crippen LogP contribution in [-0.4, -0.2) is 40.7 Å². The van der Waals surface area contributed by atoms with Crippen molar-refractivity contribution in [1.82, 2.24) is 9.55 Å². The summed E-state index contributed by atoms with van der Waals surface area (Å²) in [5, 5.41) is 0. The second-order valence-corrected chi connectivity index (χ2v) is 11.8. The summed E-state index contributed by atoms with van der Waals surface area (Å²) < 4.78 is 59.7. The second kappa shape index (κ2) is 7.67. The molecule has 3 nitrogen and oxygen atoms in total. The molecule has 2 aromatic rings. The van der Waals surface area contributed by atoms with Crippen LogP contribution in [0.2, 0.25) is 0 Å². The van der Waals surface area contributed by atoms with Crippen LogP contribution >= 0.6 is 26.0 Å². The van der Waals surface area contributed by atoms with Crippen LogP contribution in [0.3, 0.4) is 0 Å². The summed E-state index contributed by atoms with van der Waals surface area (Å²) in [5.41, 5.74) is -0.780. The maximum Gasteiger partial charge on any atom is 0.434 e. The van der Waals surface area contributed by atoms with Crippen LogP contribution in [-0.2, 0) is 17.6 Å². The predicted molar refractivity (Wildman–Crippen MR) is 96.5 cm³/mol. The van der Waals surface area contributed by atoms with Crippen molar-refractivity contribution in [1.29, 1.82) is 0 Å². The summed E-state index contributed by atoms with van der Waals surface area (Å²) >= 11 is 3.02. The van der Waals surface area contributed by atoms with Gasteiger partial charge in [0.25, 0.3) is 0 Å². The number of alkyl halides is 3. The Morgan fingerprint density at radius 2 is 1.92 bits per heavy atom. The van der Waals surface area contributed by atoms with Gasteiger partial charge in [0.15, 0.2) is 5.69 Å². The first kappa shape index (κ1) is 20.3. The van der Waals surface area contributed by atoms with Crippen LogP contribution in [0.25, 0.3) is 11.4 Å². The van der Waals surface area contributed by atoms with E-state index in [0.717, 1.165) is 18.0 Å². The SMILES string of the molecule is CS(C)(C)CCOCn1cc(C(F)(F)F)nc1-c1ccc(Br)c(F)c1. The van der Waals surface area contributed by atoms with Crippen molar-refractivity contribution in [2.24, 2.45) is 0 Å². The van der Waals surface area contributed by atoms with Crippen molar-refractivity contribution in [2.75, 3.05) is 31.1 Å². The fourth-order valence-corrected chi connectivity index (χ4v) is 2.85. The van der Waals surface area contributed by atoms with E-state index in [0.29, 0.717) is 6.61 Å². The van der Waals surface area contributed by atoms with Crippen molar-refractivity contribution >= 4 is 26.0 Å². The van der Waals surface area contributed by atoms with Gasteiger partial charge in [-0.25, -0.2) is 19.4 Å². The van der Waals surface area contributed by atoms with Gasteiger partial charge in [-0.15, -0.1) is 0 Å². The molecular formula is C16H19BrF4N2OS. The molecule has 0 aliphatic carbocycles. The molecule has 0 aliphatic heterocycles. The topological polar surface area (TPSA) is 27.1 Å². The Morgan fingerprint density at radius 3 is 2.48 bits per heavy atom. The third-order valence-electron chi connectivity index (χ3n) is 3.32. The molecule has 0 atom stereocenters. The average molecular weight is 443 g/mol. The fourth-order valence-electron chi connectivity index (χ4n) is 1.99. The number of hydrogen-bond donors (Lipinski definition) is 0. The summed E-state index contributed by atoms with van der Waals surface area (Å²) in [7, 11) is -0.754. The molecule has 0 unspecified atom stereocenters. The Kier molecular flexibility index (Phi) is 6.22. The van der Waals surface area contributed by atoms with Crippen molar-refractivity contribution in [3.63, 3.8) is 0 Å². The largest absolute Gasteiger partial charge is 0.434 e. The molecule has 0 aliphatic rings. The highest BCUT2D eigenvalue weighted by molar-refractivity contribution is 9.10. The lowest BCUT2D eigenvalue weighted by Crippen LogP contribution is -2.10. The number of halogens is 5. The lowest BCUT2D eigenvalue weighted by molar-refractivity contribution is -0.141. The smallest absolute Gasteiger partial charge is 0.360 e. The van der Waals surface area contributed by atoms with E-state index in [-0.39, 0.29) is 22.6 Å². The van der Waals surface area contributed by atoms with Crippen LogP contribution in [0.4, 0.5) is 17.6 Å². The maximum absolute atomic E-state index is 13.7. The number of ether oxygens (including phenoxy) is 1. The summed E-state index contributed by atoms with van der Waals surface area (Å²) in [4.78, 5) is 3.63. The maximum atomic E-state index is 13.7. The molecule has 0 saturated heterocycles. The molecule has 25 heavy (non-hydrogen) atoms. The number of rotatable bonds is 6. The van der Waals surface area contributed by atoms with Crippen molar-refractivity contribution in [2.45, 2.75) is 12.9 Å². The summed E-state index contributed by atoms with van der Waals surface area (Å²) in [6, 6.07) is 4.08. The van der Waals surface area contributed by atoms with Crippen molar-refractivity contribution in [3.8, 4) is 11.4 Å². The van der Waals surface area contributed by atoms with Gasteiger partial charge in [0.2, 0.25) is 0 Å². The van der Waals surface area contributed by atoms with Gasteiger partial charge in [-0.3, -0.25) is 0 Å². The van der Waals surface area contributed by atoms with E-state index in [4.69, 9.17) is 4.74 Å². The van der Waals surface area contributed by atoms with Crippen LogP contribution in [0, 0.1) is 5.82 Å². The van der Waals surface area contributed by atoms with Gasteiger partial charge in [0, 0.05) is 17.5 Å². The van der Waals surface area contributed by atoms with Gasteiger partial charge in [0.05, 0.1) is 11.1 Å². The van der Waals surface area contributed by atoms with Crippen LogP contribution < -0.4 is 0 Å². The number of aromatic nitrogens is 2. The first-order valence-electron chi connectivity index (χ1n) is 7.31. The Hall–Kier alpha value is -1.06. The molecule has 9 heteroatoms. The standard InChI is InChI=1S/C16H19BrF4N2OS/c1-25(2,3)7-6-24-10-23-9-14(16(19,20)21)22-15(23)11-4-5-12(17)13(18)8-11/h4-5,8-9H,6-7,10H2,1-3H3. The number of nitrogens with zero attached hydrogens (tertiary/aromatic N) is 2. The molecular weight excluding hydrogens is 424 g/mol. The third kappa shape index (κ3) is 5.72. The van der Waals surface area contributed by atoms with E-state index in [1.165, 1.54) is 16.7 Å². The van der Waals surface area contributed by atoms with E-state index >= 15 is 0 Å². The van der Waals surface area contributed by atoms with E-state index in [9.17, 15) is 17.6 Å². The van der Waals surface area contributed by atoms with Crippen LogP contribution in [0.1, 0.15) is 5.69 Å². The molecule has 0 radical (unpaired) electrons. The highest BCUT2D eigenvalue weighted by Crippen LogP contribution is 2.34. The van der Waals surface area contributed by atoms with Gasteiger partial charge in [-0.1, -0.05) is 0 Å². The third-order valence-corrected chi connectivity index (χ3v) is 5.35. The first-order chi connectivity index (χ1) is 11.5. The minimum atomic E-state index is -4.58. The van der Waals surface area contributed by atoms with E-state index < -0.39 is 27.7 Å². The van der Waals surface area contributed by atoms with E-state index in [1.54, 1.807) is 0 Å². The number of benzene rings is 1. The second-order valence-electron chi connectivity index (χ2n) is 6.38.